The largest absolute Gasteiger partial charge is 0.444 e. The normalized spacial score (nSPS) is 18.5. The lowest BCUT2D eigenvalue weighted by molar-refractivity contribution is -0.143. The number of nitrogens with one attached hydrogen (secondary N) is 1. The third-order valence-corrected chi connectivity index (χ3v) is 9.40. The zero-order valence-corrected chi connectivity index (χ0v) is 30.2. The van der Waals surface area contributed by atoms with Crippen LogP contribution < -0.4 is 0 Å². The van der Waals surface area contributed by atoms with E-state index in [2.05, 4.69) is 23.3 Å². The molecule has 2 fully saturated rings. The van der Waals surface area contributed by atoms with Gasteiger partial charge in [-0.1, -0.05) is 24.6 Å². The minimum absolute atomic E-state index is 0.0303. The number of likely N-dealkylation sites (tertiary alicyclic amines) is 2. The summed E-state index contributed by atoms with van der Waals surface area (Å²) in [5.74, 6) is 0.801. The lowest BCUT2D eigenvalue weighted by atomic mass is 9.86. The second-order valence-corrected chi connectivity index (χ2v) is 14.5. The van der Waals surface area contributed by atoms with Crippen molar-refractivity contribution >= 4 is 23.9 Å². The highest BCUT2D eigenvalue weighted by atomic mass is 32.2. The standard InChI is InChI=1S/C27H40FN3O2.C9H5F6NOS/c1-6-19(2)24-12-9-22(21-7-10-23(28)11-8-21)18-31(24)25(29)17-20-13-15-30(16-14-20)26(32)33-27(3,4)5;10-8(11,12)6-1-5(4-18-16-17)2-7(3-6)9(13,14)15/h7-8,10-11,20,22,29H,6,9,12-18H2,1-5H3;1-3H,4H2/b24-19+,29-25?;. The van der Waals surface area contributed by atoms with Gasteiger partial charge in [-0.25, -0.2) is 9.18 Å². The summed E-state index contributed by atoms with van der Waals surface area (Å²) in [6, 6.07) is 7.99. The minimum Gasteiger partial charge on any atom is -0.444 e. The van der Waals surface area contributed by atoms with Crippen molar-refractivity contribution in [1.82, 2.24) is 9.80 Å². The van der Waals surface area contributed by atoms with Crippen LogP contribution in [0, 0.1) is 22.1 Å². The van der Waals surface area contributed by atoms with E-state index in [0.29, 0.717) is 54.8 Å². The number of allylic oxidation sites excluding steroid dienone is 2. The summed E-state index contributed by atoms with van der Waals surface area (Å²) < 4.78 is 95.6. The van der Waals surface area contributed by atoms with E-state index in [4.69, 9.17) is 10.1 Å². The van der Waals surface area contributed by atoms with Gasteiger partial charge in [0.2, 0.25) is 0 Å². The molecule has 2 heterocycles. The highest BCUT2D eigenvalue weighted by molar-refractivity contribution is 7.97. The molecule has 4 rings (SSSR count). The number of carbonyl (C=O) groups excluding carboxylic acids is 1. The fourth-order valence-corrected chi connectivity index (χ4v) is 6.40. The lowest BCUT2D eigenvalue weighted by Crippen LogP contribution is -2.43. The van der Waals surface area contributed by atoms with Gasteiger partial charge in [0, 0.05) is 60.0 Å². The van der Waals surface area contributed by atoms with E-state index in [9.17, 15) is 40.4 Å². The molecule has 2 aromatic carbocycles. The van der Waals surface area contributed by atoms with Gasteiger partial charge < -0.3 is 14.5 Å². The Bertz CT molecular complexity index is 1500. The minimum atomic E-state index is -4.88. The van der Waals surface area contributed by atoms with Crippen LogP contribution in [0.1, 0.15) is 101 Å². The Hall–Kier alpha value is -3.62. The number of hydrogen-bond acceptors (Lipinski definition) is 6. The summed E-state index contributed by atoms with van der Waals surface area (Å²) in [6.07, 6.45) is -4.54. The zero-order chi connectivity index (χ0) is 38.1. The highest BCUT2D eigenvalue weighted by Gasteiger charge is 2.37. The number of ether oxygens (including phenoxy) is 1. The Morgan fingerprint density at radius 1 is 0.961 bits per heavy atom. The highest BCUT2D eigenvalue weighted by Crippen LogP contribution is 2.38. The Labute approximate surface area is 298 Å². The van der Waals surface area contributed by atoms with Gasteiger partial charge in [0.1, 0.15) is 17.3 Å². The number of amidine groups is 1. The van der Waals surface area contributed by atoms with E-state index < -0.39 is 29.1 Å². The van der Waals surface area contributed by atoms with Crippen molar-refractivity contribution in [3.05, 3.63) is 86.7 Å². The second-order valence-electron chi connectivity index (χ2n) is 13.8. The van der Waals surface area contributed by atoms with Crippen LogP contribution in [-0.4, -0.2) is 47.0 Å². The summed E-state index contributed by atoms with van der Waals surface area (Å²) in [4.78, 5) is 26.2. The Balaban J connectivity index is 0.000000330. The van der Waals surface area contributed by atoms with E-state index in [-0.39, 0.29) is 29.3 Å². The van der Waals surface area contributed by atoms with Crippen molar-refractivity contribution in [3.63, 3.8) is 0 Å². The maximum absolute atomic E-state index is 13.4. The number of rotatable bonds is 7. The summed E-state index contributed by atoms with van der Waals surface area (Å²) >= 11 is 0.335. The van der Waals surface area contributed by atoms with Crippen molar-refractivity contribution in [2.24, 2.45) is 10.5 Å². The summed E-state index contributed by atoms with van der Waals surface area (Å²) in [5, 5.41) is 8.98. The van der Waals surface area contributed by atoms with Crippen LogP contribution in [0.5, 0.6) is 0 Å². The molecule has 282 valence electrons. The number of nitroso groups, excluding NO2 is 1. The predicted molar refractivity (Wildman–Crippen MR) is 184 cm³/mol. The first-order valence-corrected chi connectivity index (χ1v) is 17.7. The average molecular weight is 747 g/mol. The Kier molecular flexibility index (Phi) is 14.5. The van der Waals surface area contributed by atoms with Gasteiger partial charge in [-0.3, -0.25) is 5.41 Å². The first-order valence-electron chi connectivity index (χ1n) is 16.7. The van der Waals surface area contributed by atoms with Crippen LogP contribution in [0.15, 0.2) is 58.3 Å². The summed E-state index contributed by atoms with van der Waals surface area (Å²) in [5.41, 5.74) is 0.224. The fourth-order valence-electron chi connectivity index (χ4n) is 6.03. The van der Waals surface area contributed by atoms with Crippen molar-refractivity contribution in [1.29, 1.82) is 5.41 Å². The van der Waals surface area contributed by atoms with Crippen LogP contribution in [0.2, 0.25) is 0 Å². The van der Waals surface area contributed by atoms with E-state index in [1.807, 2.05) is 32.9 Å². The van der Waals surface area contributed by atoms with E-state index in [0.717, 1.165) is 50.6 Å². The third kappa shape index (κ3) is 12.8. The SMILES string of the molecule is CC/C(C)=C1\CCC(c2ccc(F)cc2)CN1C(=N)CC1CCN(C(=O)OC(C)(C)C)CC1.O=NSCc1cc(C(F)(F)F)cc(C(F)(F)F)c1. The second kappa shape index (κ2) is 17.7. The molecule has 0 aromatic heterocycles. The van der Waals surface area contributed by atoms with Gasteiger partial charge in [0.15, 0.2) is 0 Å². The molecular weight excluding hydrogens is 701 g/mol. The molecule has 0 spiro atoms. The van der Waals surface area contributed by atoms with E-state index in [1.54, 1.807) is 4.90 Å². The summed E-state index contributed by atoms with van der Waals surface area (Å²) in [6.45, 7) is 12.1. The number of benzene rings is 2. The van der Waals surface area contributed by atoms with Crippen molar-refractivity contribution in [2.45, 2.75) is 103 Å². The molecule has 0 bridgehead atoms. The molecular formula is C36H45F7N4O3S. The molecule has 1 N–H and O–H groups in total. The number of alkyl halides is 6. The first kappa shape index (κ1) is 41.8. The molecule has 2 aliphatic heterocycles. The number of hydrogen-bond donors (Lipinski definition) is 1. The smallest absolute Gasteiger partial charge is 0.416 e. The molecule has 2 aromatic rings. The maximum Gasteiger partial charge on any atom is 0.416 e. The van der Waals surface area contributed by atoms with Crippen LogP contribution in [0.4, 0.5) is 35.5 Å². The molecule has 0 aliphatic carbocycles. The number of piperidine rings is 2. The Morgan fingerprint density at radius 2 is 1.53 bits per heavy atom. The van der Waals surface area contributed by atoms with Crippen LogP contribution in [0.25, 0.3) is 0 Å². The number of amides is 1. The predicted octanol–water partition coefficient (Wildman–Crippen LogP) is 11.3. The molecule has 1 atom stereocenters. The van der Waals surface area contributed by atoms with Crippen molar-refractivity contribution in [3.8, 4) is 0 Å². The molecule has 1 unspecified atom stereocenters. The quantitative estimate of drug-likeness (QED) is 0.100. The first-order chi connectivity index (χ1) is 23.7. The zero-order valence-electron chi connectivity index (χ0n) is 29.4. The molecule has 2 aliphatic rings. The number of carbonyl (C=O) groups is 1. The topological polar surface area (TPSA) is 86.1 Å². The monoisotopic (exact) mass is 746 g/mol. The molecule has 15 heteroatoms. The van der Waals surface area contributed by atoms with Gasteiger partial charge in [-0.05, 0) is 107 Å². The van der Waals surface area contributed by atoms with E-state index in [1.165, 1.54) is 23.4 Å². The molecule has 2 saturated heterocycles. The molecule has 0 radical (unpaired) electrons. The maximum atomic E-state index is 13.4. The molecule has 51 heavy (non-hydrogen) atoms. The average Bonchev–Trinajstić information content (AvgIpc) is 3.06. The third-order valence-electron chi connectivity index (χ3n) is 8.83. The van der Waals surface area contributed by atoms with Gasteiger partial charge in [0.05, 0.1) is 11.1 Å². The van der Waals surface area contributed by atoms with Gasteiger partial charge in [-0.2, -0.15) is 26.3 Å². The molecule has 1 amide bonds. The number of halogens is 7. The molecule has 7 nitrogen and oxygen atoms in total. The van der Waals surface area contributed by atoms with Gasteiger partial charge >= 0.3 is 18.4 Å². The van der Waals surface area contributed by atoms with Crippen LogP contribution >= 0.6 is 11.9 Å². The summed E-state index contributed by atoms with van der Waals surface area (Å²) in [7, 11) is 0. The van der Waals surface area contributed by atoms with Crippen molar-refractivity contribution in [2.75, 3.05) is 19.6 Å². The van der Waals surface area contributed by atoms with Crippen LogP contribution in [-0.2, 0) is 22.8 Å². The van der Waals surface area contributed by atoms with Crippen molar-refractivity contribution < 1.29 is 40.3 Å². The molecule has 0 saturated carbocycles. The van der Waals surface area contributed by atoms with Gasteiger partial charge in [-0.15, -0.1) is 4.91 Å². The van der Waals surface area contributed by atoms with Gasteiger partial charge in [0.25, 0.3) is 0 Å². The van der Waals surface area contributed by atoms with E-state index >= 15 is 0 Å². The lowest BCUT2D eigenvalue weighted by Gasteiger charge is -2.40. The fraction of sp³-hybridized carbons (Fsp3) is 0.556. The van der Waals surface area contributed by atoms with Crippen LogP contribution in [0.3, 0.4) is 0 Å². The Morgan fingerprint density at radius 3 is 2.02 bits per heavy atom. The number of nitrogens with zero attached hydrogens (tertiary/aromatic N) is 3.